The molecule has 5 rings (SSSR count). The van der Waals surface area contributed by atoms with Gasteiger partial charge in [-0.25, -0.2) is 14.6 Å². The number of hydrogen-bond acceptors (Lipinski definition) is 7. The summed E-state index contributed by atoms with van der Waals surface area (Å²) in [4.78, 5) is 25.9. The van der Waals surface area contributed by atoms with Crippen molar-refractivity contribution in [2.45, 2.75) is 32.4 Å². The highest BCUT2D eigenvalue weighted by molar-refractivity contribution is 5.95. The zero-order valence-electron chi connectivity index (χ0n) is 17.1. The normalized spacial score (nSPS) is 19.6. The molecule has 1 aromatic carbocycles. The lowest BCUT2D eigenvalue weighted by molar-refractivity contribution is -0.0297. The second-order valence-electron chi connectivity index (χ2n) is 7.89. The zero-order valence-corrected chi connectivity index (χ0v) is 17.1. The third-order valence-electron chi connectivity index (χ3n) is 5.86. The van der Waals surface area contributed by atoms with E-state index in [1.807, 2.05) is 36.1 Å². The summed E-state index contributed by atoms with van der Waals surface area (Å²) >= 11 is 0. The Hall–Kier alpha value is -3.07. The van der Waals surface area contributed by atoms with Gasteiger partial charge in [-0.3, -0.25) is 4.79 Å². The average molecular weight is 407 g/mol. The Labute approximate surface area is 174 Å². The van der Waals surface area contributed by atoms with Gasteiger partial charge in [0, 0.05) is 31.7 Å². The number of fused-ring (bicyclic) bond motifs is 1. The zero-order chi connectivity index (χ0) is 20.5. The molecule has 2 aliphatic rings. The number of morpholine rings is 1. The third kappa shape index (κ3) is 3.49. The summed E-state index contributed by atoms with van der Waals surface area (Å²) in [6.07, 6.45) is 3.74. The molecular weight excluding hydrogens is 382 g/mol. The molecular formula is C21H25N7O2. The first kappa shape index (κ1) is 18.9. The quantitative estimate of drug-likeness (QED) is 0.650. The molecule has 9 heteroatoms. The smallest absolute Gasteiger partial charge is 0.254 e. The highest BCUT2D eigenvalue weighted by Gasteiger charge is 2.27. The maximum Gasteiger partial charge on any atom is 0.254 e. The Balaban J connectivity index is 1.33. The number of benzene rings is 1. The van der Waals surface area contributed by atoms with Gasteiger partial charge in [-0.15, -0.1) is 5.10 Å². The van der Waals surface area contributed by atoms with E-state index in [9.17, 15) is 4.79 Å². The molecule has 0 saturated carbocycles. The van der Waals surface area contributed by atoms with Crippen LogP contribution in [0.1, 0.15) is 28.8 Å². The second kappa shape index (κ2) is 7.98. The summed E-state index contributed by atoms with van der Waals surface area (Å²) in [5.41, 5.74) is 3.16. The van der Waals surface area contributed by atoms with Crippen molar-refractivity contribution < 1.29 is 9.53 Å². The van der Waals surface area contributed by atoms with Gasteiger partial charge < -0.3 is 14.5 Å². The van der Waals surface area contributed by atoms with Crippen molar-refractivity contribution in [3.8, 4) is 0 Å². The molecule has 1 amide bonds. The number of anilines is 1. The summed E-state index contributed by atoms with van der Waals surface area (Å²) < 4.78 is 7.71. The molecule has 2 aliphatic heterocycles. The van der Waals surface area contributed by atoms with Crippen molar-refractivity contribution >= 4 is 22.9 Å². The Kier molecular flexibility index (Phi) is 5.04. The van der Waals surface area contributed by atoms with Gasteiger partial charge in [0.1, 0.15) is 6.33 Å². The monoisotopic (exact) mass is 407 g/mol. The number of rotatable bonds is 4. The molecule has 2 aromatic heterocycles. The number of aryl methyl sites for hydroxylation is 1. The highest BCUT2D eigenvalue weighted by atomic mass is 16.5. The molecule has 2 fully saturated rings. The van der Waals surface area contributed by atoms with E-state index in [1.165, 1.54) is 12.8 Å². The van der Waals surface area contributed by atoms with Crippen LogP contribution in [0.15, 0.2) is 30.6 Å². The third-order valence-corrected chi connectivity index (χ3v) is 5.86. The summed E-state index contributed by atoms with van der Waals surface area (Å²) in [5.74, 6) is 0.896. The van der Waals surface area contributed by atoms with Crippen molar-refractivity contribution in [1.29, 1.82) is 0 Å². The Morgan fingerprint density at radius 1 is 1.17 bits per heavy atom. The molecule has 30 heavy (non-hydrogen) atoms. The first-order chi connectivity index (χ1) is 14.7. The van der Waals surface area contributed by atoms with Crippen molar-refractivity contribution in [1.82, 2.24) is 29.9 Å². The molecule has 1 atom stereocenters. The largest absolute Gasteiger partial charge is 0.373 e. The molecule has 0 radical (unpaired) electrons. The number of nitrogens with zero attached hydrogens (tertiary/aromatic N) is 7. The minimum atomic E-state index is -0.165. The molecule has 0 spiro atoms. The summed E-state index contributed by atoms with van der Waals surface area (Å²) in [6.45, 7) is 6.03. The first-order valence-electron chi connectivity index (χ1n) is 10.5. The summed E-state index contributed by atoms with van der Waals surface area (Å²) in [6, 6.07) is 7.69. The fraction of sp³-hybridized carbons (Fsp3) is 0.476. The van der Waals surface area contributed by atoms with Crippen LogP contribution >= 0.6 is 0 Å². The van der Waals surface area contributed by atoms with E-state index >= 15 is 0 Å². The molecule has 0 aliphatic carbocycles. The standard InChI is InChI=1S/C21H25N7O2/c1-15-6-2-3-7-17(15)21(29)27-10-11-30-16(12-27)13-28-20-18(24-25-28)19(22-14-23-20)26-8-4-5-9-26/h2-3,6-7,14,16H,4-5,8-13H2,1H3/t16-/m1/s1. The number of carbonyl (C=O) groups is 1. The van der Waals surface area contributed by atoms with Crippen LogP contribution in [0.25, 0.3) is 11.2 Å². The van der Waals surface area contributed by atoms with E-state index in [4.69, 9.17) is 4.74 Å². The van der Waals surface area contributed by atoms with Gasteiger partial charge in [0.2, 0.25) is 0 Å². The van der Waals surface area contributed by atoms with Gasteiger partial charge in [0.15, 0.2) is 17.0 Å². The molecule has 156 valence electrons. The predicted octanol–water partition coefficient (Wildman–Crippen LogP) is 1.67. The van der Waals surface area contributed by atoms with E-state index < -0.39 is 0 Å². The van der Waals surface area contributed by atoms with E-state index in [2.05, 4.69) is 25.2 Å². The second-order valence-corrected chi connectivity index (χ2v) is 7.89. The van der Waals surface area contributed by atoms with E-state index in [0.717, 1.165) is 35.6 Å². The average Bonchev–Trinajstić information content (AvgIpc) is 3.44. The number of ether oxygens (including phenoxy) is 1. The fourth-order valence-corrected chi connectivity index (χ4v) is 4.25. The predicted molar refractivity (Wildman–Crippen MR) is 111 cm³/mol. The number of aromatic nitrogens is 5. The van der Waals surface area contributed by atoms with Crippen LogP contribution in [-0.4, -0.2) is 74.7 Å². The molecule has 0 N–H and O–H groups in total. The maximum absolute atomic E-state index is 13.0. The Bertz CT molecular complexity index is 1060. The number of carbonyl (C=O) groups excluding carboxylic acids is 1. The van der Waals surface area contributed by atoms with Crippen molar-refractivity contribution in [2.24, 2.45) is 0 Å². The van der Waals surface area contributed by atoms with Crippen LogP contribution in [-0.2, 0) is 11.3 Å². The molecule has 9 nitrogen and oxygen atoms in total. The Morgan fingerprint density at radius 3 is 2.83 bits per heavy atom. The first-order valence-corrected chi connectivity index (χ1v) is 10.5. The van der Waals surface area contributed by atoms with Crippen molar-refractivity contribution in [3.05, 3.63) is 41.7 Å². The topological polar surface area (TPSA) is 89.3 Å². The van der Waals surface area contributed by atoms with E-state index in [-0.39, 0.29) is 12.0 Å². The Morgan fingerprint density at radius 2 is 2.00 bits per heavy atom. The lowest BCUT2D eigenvalue weighted by Crippen LogP contribution is -2.47. The number of hydrogen-bond donors (Lipinski definition) is 0. The summed E-state index contributed by atoms with van der Waals surface area (Å²) in [5, 5.41) is 8.67. The van der Waals surface area contributed by atoms with Crippen molar-refractivity contribution in [3.63, 3.8) is 0 Å². The van der Waals surface area contributed by atoms with E-state index in [1.54, 1.807) is 11.0 Å². The van der Waals surface area contributed by atoms with Gasteiger partial charge in [-0.1, -0.05) is 23.4 Å². The van der Waals surface area contributed by atoms with E-state index in [0.29, 0.717) is 31.9 Å². The van der Waals surface area contributed by atoms with Gasteiger partial charge >= 0.3 is 0 Å². The molecule has 4 heterocycles. The van der Waals surface area contributed by atoms with Gasteiger partial charge in [-0.05, 0) is 31.4 Å². The van der Waals surface area contributed by atoms with Crippen LogP contribution in [0.5, 0.6) is 0 Å². The number of amides is 1. The SMILES string of the molecule is Cc1ccccc1C(=O)N1CCO[C@@H](Cn2nnc3c(N4CCCC4)ncnc32)C1. The van der Waals surface area contributed by atoms with Crippen LogP contribution < -0.4 is 4.90 Å². The molecule has 2 saturated heterocycles. The molecule has 0 bridgehead atoms. The van der Waals surface area contributed by atoms with Crippen LogP contribution in [0, 0.1) is 6.92 Å². The highest BCUT2D eigenvalue weighted by Crippen LogP contribution is 2.24. The lowest BCUT2D eigenvalue weighted by atomic mass is 10.1. The minimum Gasteiger partial charge on any atom is -0.373 e. The maximum atomic E-state index is 13.0. The van der Waals surface area contributed by atoms with Gasteiger partial charge in [0.25, 0.3) is 5.91 Å². The minimum absolute atomic E-state index is 0.0449. The van der Waals surface area contributed by atoms with Crippen LogP contribution in [0.2, 0.25) is 0 Å². The van der Waals surface area contributed by atoms with Gasteiger partial charge in [0.05, 0.1) is 19.3 Å². The fourth-order valence-electron chi connectivity index (χ4n) is 4.25. The molecule has 0 unspecified atom stereocenters. The summed E-state index contributed by atoms with van der Waals surface area (Å²) in [7, 11) is 0. The van der Waals surface area contributed by atoms with Gasteiger partial charge in [-0.2, -0.15) is 0 Å². The van der Waals surface area contributed by atoms with Crippen LogP contribution in [0.4, 0.5) is 5.82 Å². The van der Waals surface area contributed by atoms with Crippen LogP contribution in [0.3, 0.4) is 0 Å². The van der Waals surface area contributed by atoms with Crippen molar-refractivity contribution in [2.75, 3.05) is 37.7 Å². The lowest BCUT2D eigenvalue weighted by Gasteiger charge is -2.33. The molecule has 3 aromatic rings.